The summed E-state index contributed by atoms with van der Waals surface area (Å²) in [4.78, 5) is 15.7. The summed E-state index contributed by atoms with van der Waals surface area (Å²) in [7, 11) is 0. The first-order chi connectivity index (χ1) is 34.2. The number of hydrogen-bond donors (Lipinski definition) is 0. The van der Waals surface area contributed by atoms with E-state index in [4.69, 9.17) is 15.0 Å². The van der Waals surface area contributed by atoms with Gasteiger partial charge in [-0.2, -0.15) is 0 Å². The minimum atomic E-state index is -0.479. The quantitative estimate of drug-likeness (QED) is 0.153. The zero-order valence-corrected chi connectivity index (χ0v) is 37.7. The molecule has 0 N–H and O–H groups in total. The van der Waals surface area contributed by atoms with Gasteiger partial charge in [0.25, 0.3) is 0 Å². The van der Waals surface area contributed by atoms with E-state index in [9.17, 15) is 0 Å². The van der Waals surface area contributed by atoms with Crippen LogP contribution in [0.3, 0.4) is 0 Å². The van der Waals surface area contributed by atoms with Crippen molar-refractivity contribution < 1.29 is 0 Å². The molecule has 13 rings (SSSR count). The average molecular weight is 878 g/mol. The van der Waals surface area contributed by atoms with Crippen molar-refractivity contribution in [2.45, 2.75) is 5.41 Å². The molecule has 1 aliphatic carbocycles. The molecule has 1 aromatic heterocycles. The molecule has 0 aliphatic heterocycles. The van der Waals surface area contributed by atoms with Crippen LogP contribution in [0, 0.1) is 0 Å². The van der Waals surface area contributed by atoms with Gasteiger partial charge in [-0.3, -0.25) is 0 Å². The van der Waals surface area contributed by atoms with E-state index in [1.807, 2.05) is 24.3 Å². The van der Waals surface area contributed by atoms with Gasteiger partial charge in [0.2, 0.25) is 0 Å². The van der Waals surface area contributed by atoms with E-state index in [1.165, 1.54) is 60.8 Å². The zero-order valence-electron chi connectivity index (χ0n) is 37.7. The third-order valence-electron chi connectivity index (χ3n) is 14.1. The second-order valence-corrected chi connectivity index (χ2v) is 17.8. The molecule has 11 aromatic carbocycles. The van der Waals surface area contributed by atoms with E-state index >= 15 is 0 Å². The van der Waals surface area contributed by atoms with Gasteiger partial charge in [-0.25, -0.2) is 15.0 Å². The highest BCUT2D eigenvalue weighted by Gasteiger charge is 2.46. The van der Waals surface area contributed by atoms with E-state index in [0.29, 0.717) is 17.5 Å². The molecule has 322 valence electrons. The number of nitrogens with zero attached hydrogens (tertiary/aromatic N) is 3. The average Bonchev–Trinajstić information content (AvgIpc) is 3.73. The van der Waals surface area contributed by atoms with Crippen molar-refractivity contribution in [1.29, 1.82) is 0 Å². The van der Waals surface area contributed by atoms with Gasteiger partial charge in [0, 0.05) is 16.7 Å². The van der Waals surface area contributed by atoms with Gasteiger partial charge in [0.15, 0.2) is 17.5 Å². The van der Waals surface area contributed by atoms with Crippen molar-refractivity contribution in [3.05, 3.63) is 283 Å². The molecule has 0 saturated carbocycles. The molecule has 0 spiro atoms. The predicted octanol–water partition coefficient (Wildman–Crippen LogP) is 16.5. The Morgan fingerprint density at radius 3 is 1.22 bits per heavy atom. The molecular formula is C66H43N3. The number of fused-ring (bicyclic) bond motifs is 5. The summed E-state index contributed by atoms with van der Waals surface area (Å²) in [5.41, 5.74) is 16.9. The molecule has 1 aliphatic rings. The molecule has 69 heavy (non-hydrogen) atoms. The molecule has 0 unspecified atom stereocenters. The molecule has 0 bridgehead atoms. The van der Waals surface area contributed by atoms with Gasteiger partial charge in [-0.15, -0.1) is 0 Å². The van der Waals surface area contributed by atoms with Crippen molar-refractivity contribution >= 4 is 21.5 Å². The standard InChI is InChI=1S/C66H43N3/c1-5-21-44(22-6-1)49-29-13-18-35-59(49)64-67-63(45-23-7-2-8-24-45)68-65(69-64)60-42-41-56(53-32-16-17-33-54(53)60)55-40-39-50(51-30-14-15-31-52(51)55)46-37-38-58-57-34-19-20-36-61(57)66(62(58)43-46,47-25-9-3-10-26-47)48-27-11-4-12-28-48/h1-43H. The Morgan fingerprint density at radius 2 is 0.609 bits per heavy atom. The van der Waals surface area contributed by atoms with E-state index in [-0.39, 0.29) is 0 Å². The highest BCUT2D eigenvalue weighted by molar-refractivity contribution is 6.12. The van der Waals surface area contributed by atoms with Crippen molar-refractivity contribution in [3.63, 3.8) is 0 Å². The van der Waals surface area contributed by atoms with Crippen LogP contribution in [0.5, 0.6) is 0 Å². The Morgan fingerprint density at radius 1 is 0.217 bits per heavy atom. The smallest absolute Gasteiger partial charge is 0.164 e. The fourth-order valence-corrected chi connectivity index (χ4v) is 11.0. The van der Waals surface area contributed by atoms with Crippen LogP contribution < -0.4 is 0 Å². The van der Waals surface area contributed by atoms with E-state index < -0.39 is 5.41 Å². The molecule has 3 nitrogen and oxygen atoms in total. The minimum absolute atomic E-state index is 0.479. The van der Waals surface area contributed by atoms with Crippen LogP contribution in [0.25, 0.3) is 100 Å². The molecule has 0 fully saturated rings. The molecule has 0 radical (unpaired) electrons. The van der Waals surface area contributed by atoms with Crippen LogP contribution in [-0.2, 0) is 5.41 Å². The van der Waals surface area contributed by atoms with Crippen molar-refractivity contribution in [2.24, 2.45) is 0 Å². The van der Waals surface area contributed by atoms with Crippen LogP contribution in [0.15, 0.2) is 261 Å². The lowest BCUT2D eigenvalue weighted by molar-refractivity contribution is 0.769. The Balaban J connectivity index is 0.968. The number of rotatable bonds is 8. The van der Waals surface area contributed by atoms with Gasteiger partial charge in [0.1, 0.15) is 0 Å². The summed E-state index contributed by atoms with van der Waals surface area (Å²) in [5, 5.41) is 4.61. The summed E-state index contributed by atoms with van der Waals surface area (Å²) in [6.07, 6.45) is 0. The van der Waals surface area contributed by atoms with Crippen molar-refractivity contribution in [3.8, 4) is 78.7 Å². The Labute approximate surface area is 401 Å². The monoisotopic (exact) mass is 877 g/mol. The molecule has 1 heterocycles. The summed E-state index contributed by atoms with van der Waals surface area (Å²) < 4.78 is 0. The van der Waals surface area contributed by atoms with Crippen LogP contribution in [-0.4, -0.2) is 15.0 Å². The number of hydrogen-bond acceptors (Lipinski definition) is 3. The third-order valence-corrected chi connectivity index (χ3v) is 14.1. The van der Waals surface area contributed by atoms with E-state index in [1.54, 1.807) is 0 Å². The Kier molecular flexibility index (Phi) is 9.73. The molecule has 0 amide bonds. The highest BCUT2D eigenvalue weighted by atomic mass is 15.0. The fourth-order valence-electron chi connectivity index (χ4n) is 11.0. The largest absolute Gasteiger partial charge is 0.208 e. The predicted molar refractivity (Wildman–Crippen MR) is 285 cm³/mol. The summed E-state index contributed by atoms with van der Waals surface area (Å²) in [6.45, 7) is 0. The van der Waals surface area contributed by atoms with Gasteiger partial charge in [0.05, 0.1) is 5.41 Å². The van der Waals surface area contributed by atoms with Crippen LogP contribution in [0.1, 0.15) is 22.3 Å². The molecule has 3 heteroatoms. The van der Waals surface area contributed by atoms with Gasteiger partial charge in [-0.05, 0) is 100 Å². The maximum Gasteiger partial charge on any atom is 0.164 e. The van der Waals surface area contributed by atoms with E-state index in [0.717, 1.165) is 44.2 Å². The molecule has 0 saturated heterocycles. The summed E-state index contributed by atoms with van der Waals surface area (Å²) >= 11 is 0. The lowest BCUT2D eigenvalue weighted by Crippen LogP contribution is -2.28. The topological polar surface area (TPSA) is 38.7 Å². The number of benzene rings is 11. The first-order valence-corrected chi connectivity index (χ1v) is 23.6. The Hall–Kier alpha value is -9.05. The Bertz CT molecular complexity index is 3840. The second kappa shape index (κ2) is 16.7. The van der Waals surface area contributed by atoms with Gasteiger partial charge < -0.3 is 0 Å². The third kappa shape index (κ3) is 6.62. The SMILES string of the molecule is c1ccc(-c2nc(-c3ccccc3-c3ccccc3)nc(-c3ccc(-c4ccc(-c5ccc6c(c5)C(c5ccccc5)(c5ccccc5)c5ccccc5-6)c5ccccc45)c4ccccc34)n2)cc1. The number of aromatic nitrogens is 3. The van der Waals surface area contributed by atoms with Crippen LogP contribution in [0.4, 0.5) is 0 Å². The highest BCUT2D eigenvalue weighted by Crippen LogP contribution is 2.57. The van der Waals surface area contributed by atoms with Crippen LogP contribution >= 0.6 is 0 Å². The normalized spacial score (nSPS) is 12.5. The van der Waals surface area contributed by atoms with Crippen molar-refractivity contribution in [1.82, 2.24) is 15.0 Å². The van der Waals surface area contributed by atoms with E-state index in [2.05, 4.69) is 237 Å². The molecular weight excluding hydrogens is 835 g/mol. The maximum atomic E-state index is 5.30. The molecule has 0 atom stereocenters. The lowest BCUT2D eigenvalue weighted by Gasteiger charge is -2.34. The van der Waals surface area contributed by atoms with Gasteiger partial charge >= 0.3 is 0 Å². The first kappa shape index (κ1) is 40.2. The van der Waals surface area contributed by atoms with Crippen LogP contribution in [0.2, 0.25) is 0 Å². The minimum Gasteiger partial charge on any atom is -0.208 e. The first-order valence-electron chi connectivity index (χ1n) is 23.6. The maximum absolute atomic E-state index is 5.30. The summed E-state index contributed by atoms with van der Waals surface area (Å²) in [6, 6.07) is 93.8. The van der Waals surface area contributed by atoms with Crippen molar-refractivity contribution in [2.75, 3.05) is 0 Å². The second-order valence-electron chi connectivity index (χ2n) is 17.8. The fraction of sp³-hybridized carbons (Fsp3) is 0.0152. The zero-order chi connectivity index (χ0) is 45.7. The summed E-state index contributed by atoms with van der Waals surface area (Å²) in [5.74, 6) is 1.90. The molecule has 12 aromatic rings. The van der Waals surface area contributed by atoms with Gasteiger partial charge in [-0.1, -0.05) is 249 Å². The lowest BCUT2D eigenvalue weighted by atomic mass is 9.67.